The summed E-state index contributed by atoms with van der Waals surface area (Å²) in [7, 11) is 1.88. The first-order valence-corrected chi connectivity index (χ1v) is 9.99. The van der Waals surface area contributed by atoms with Gasteiger partial charge in [-0.05, 0) is 48.5 Å². The lowest BCUT2D eigenvalue weighted by Gasteiger charge is -2.35. The van der Waals surface area contributed by atoms with Crippen molar-refractivity contribution in [2.24, 2.45) is 12.0 Å². The van der Waals surface area contributed by atoms with E-state index in [1.165, 1.54) is 0 Å². The minimum atomic E-state index is -0.762. The van der Waals surface area contributed by atoms with Crippen molar-refractivity contribution in [1.82, 2.24) is 30.3 Å². The second-order valence-corrected chi connectivity index (χ2v) is 8.62. The highest BCUT2D eigenvalue weighted by Crippen LogP contribution is 2.33. The first-order valence-electron chi connectivity index (χ1n) is 9.99. The molecule has 1 fully saturated rings. The average Bonchev–Trinajstić information content (AvgIpc) is 3.07. The molecule has 10 heteroatoms. The molecule has 2 N–H and O–H groups in total. The van der Waals surface area contributed by atoms with E-state index in [0.717, 1.165) is 5.82 Å². The van der Waals surface area contributed by atoms with Crippen LogP contribution in [0.15, 0.2) is 11.3 Å². The largest absolute Gasteiger partial charge is 0.444 e. The molecule has 1 amide bonds. The molecule has 0 saturated carbocycles. The van der Waals surface area contributed by atoms with Gasteiger partial charge in [-0.15, -0.1) is 10.2 Å². The molecule has 0 aliphatic carbocycles. The molecule has 1 aliphatic rings. The van der Waals surface area contributed by atoms with Crippen LogP contribution in [0.3, 0.4) is 0 Å². The summed E-state index contributed by atoms with van der Waals surface area (Å²) < 4.78 is 13.5. The lowest BCUT2D eigenvalue weighted by Crippen LogP contribution is -2.54. The van der Waals surface area contributed by atoms with Crippen LogP contribution >= 0.6 is 0 Å². The Morgan fingerprint density at radius 3 is 2.62 bits per heavy atom. The lowest BCUT2D eigenvalue weighted by molar-refractivity contribution is -0.0755. The fraction of sp³-hybridized carbons (Fsp3) is 0.789. The average molecular weight is 410 g/mol. The molecule has 0 spiro atoms. The van der Waals surface area contributed by atoms with E-state index in [4.69, 9.17) is 9.47 Å². The van der Waals surface area contributed by atoms with Gasteiger partial charge in [0.1, 0.15) is 24.2 Å². The Kier molecular flexibility index (Phi) is 7.10. The number of hydrogen-bond acceptors (Lipinski definition) is 6. The third-order valence-corrected chi connectivity index (χ3v) is 4.52. The van der Waals surface area contributed by atoms with Gasteiger partial charge in [-0.3, -0.25) is 4.90 Å². The van der Waals surface area contributed by atoms with Crippen LogP contribution in [0, 0.1) is 0 Å². The minimum Gasteiger partial charge on any atom is -0.444 e. The molecule has 1 aliphatic heterocycles. The topological polar surface area (TPSA) is 106 Å². The summed E-state index contributed by atoms with van der Waals surface area (Å²) in [6, 6.07) is -0.210. The van der Waals surface area contributed by atoms with Crippen LogP contribution in [0.1, 0.15) is 54.3 Å². The van der Waals surface area contributed by atoms with Gasteiger partial charge >= 0.3 is 6.09 Å². The molecule has 1 aromatic rings. The quantitative estimate of drug-likeness (QED) is 0.562. The Labute approximate surface area is 173 Å². The van der Waals surface area contributed by atoms with E-state index in [1.54, 1.807) is 11.2 Å². The van der Waals surface area contributed by atoms with E-state index < -0.39 is 11.3 Å². The second kappa shape index (κ2) is 8.98. The fourth-order valence-electron chi connectivity index (χ4n) is 3.27. The van der Waals surface area contributed by atoms with E-state index >= 15 is 0 Å². The molecule has 1 saturated heterocycles. The van der Waals surface area contributed by atoms with Gasteiger partial charge in [-0.2, -0.15) is 0 Å². The van der Waals surface area contributed by atoms with Crippen molar-refractivity contribution in [1.29, 1.82) is 0 Å². The zero-order valence-corrected chi connectivity index (χ0v) is 18.8. The standard InChI is InChI=1S/C19H35N7O3/c1-9-20-16(22-11-15-24-23-12-25(15)8)21-10-14-13(2)28-19(6,7)26(14)17(27)29-18(3,4)5/h12-14H,9-11H2,1-8H3,(H2,20,21,22). The molecular formula is C19H35N7O3. The van der Waals surface area contributed by atoms with E-state index in [1.807, 2.05) is 60.1 Å². The van der Waals surface area contributed by atoms with E-state index in [9.17, 15) is 4.79 Å². The van der Waals surface area contributed by atoms with Gasteiger partial charge in [0.2, 0.25) is 0 Å². The highest BCUT2D eigenvalue weighted by Gasteiger charge is 2.49. The summed E-state index contributed by atoms with van der Waals surface area (Å²) in [5.74, 6) is 1.40. The summed E-state index contributed by atoms with van der Waals surface area (Å²) in [5, 5.41) is 14.4. The van der Waals surface area contributed by atoms with E-state index in [0.29, 0.717) is 25.6 Å². The zero-order chi connectivity index (χ0) is 21.8. The molecule has 2 rings (SSSR count). The molecule has 2 heterocycles. The maximum Gasteiger partial charge on any atom is 0.412 e. The number of hydrogen-bond donors (Lipinski definition) is 2. The van der Waals surface area contributed by atoms with Crippen molar-refractivity contribution in [3.05, 3.63) is 12.2 Å². The summed E-state index contributed by atoms with van der Waals surface area (Å²) >= 11 is 0. The zero-order valence-electron chi connectivity index (χ0n) is 18.8. The van der Waals surface area contributed by atoms with Gasteiger partial charge in [0, 0.05) is 20.1 Å². The lowest BCUT2D eigenvalue weighted by atomic mass is 10.1. The molecule has 29 heavy (non-hydrogen) atoms. The SMILES string of the molecule is CCNC(=NCc1nncn1C)NCC1C(C)OC(C)(C)N1C(=O)OC(C)(C)C. The predicted molar refractivity (Wildman–Crippen MR) is 110 cm³/mol. The first kappa shape index (κ1) is 22.9. The summed E-state index contributed by atoms with van der Waals surface area (Å²) in [6.07, 6.45) is 1.09. The minimum absolute atomic E-state index is 0.161. The Balaban J connectivity index is 2.11. The van der Waals surface area contributed by atoms with Gasteiger partial charge in [-0.1, -0.05) is 0 Å². The molecular weight excluding hydrogens is 374 g/mol. The third kappa shape index (κ3) is 6.06. The van der Waals surface area contributed by atoms with Crippen molar-refractivity contribution < 1.29 is 14.3 Å². The number of carbonyl (C=O) groups is 1. The molecule has 0 aromatic carbocycles. The van der Waals surface area contributed by atoms with Crippen LogP contribution in [0.5, 0.6) is 0 Å². The molecule has 0 radical (unpaired) electrons. The molecule has 2 atom stereocenters. The van der Waals surface area contributed by atoms with Crippen LogP contribution < -0.4 is 10.6 Å². The first-order chi connectivity index (χ1) is 13.4. The molecule has 2 unspecified atom stereocenters. The Morgan fingerprint density at radius 1 is 1.38 bits per heavy atom. The number of nitrogens with one attached hydrogen (secondary N) is 2. The van der Waals surface area contributed by atoms with Crippen molar-refractivity contribution in [2.75, 3.05) is 13.1 Å². The third-order valence-electron chi connectivity index (χ3n) is 4.52. The van der Waals surface area contributed by atoms with Crippen LogP contribution in [-0.2, 0) is 23.1 Å². The highest BCUT2D eigenvalue weighted by atomic mass is 16.6. The maximum atomic E-state index is 12.9. The van der Waals surface area contributed by atoms with Gasteiger partial charge in [0.15, 0.2) is 11.8 Å². The maximum absolute atomic E-state index is 12.9. The summed E-state index contributed by atoms with van der Waals surface area (Å²) in [4.78, 5) is 19.1. The van der Waals surface area contributed by atoms with E-state index in [2.05, 4.69) is 25.8 Å². The number of guanidine groups is 1. The Hall–Kier alpha value is -2.36. The van der Waals surface area contributed by atoms with Crippen molar-refractivity contribution >= 4 is 12.1 Å². The number of carbonyl (C=O) groups excluding carboxylic acids is 1. The molecule has 10 nitrogen and oxygen atoms in total. The van der Waals surface area contributed by atoms with Gasteiger partial charge < -0.3 is 24.7 Å². The van der Waals surface area contributed by atoms with Gasteiger partial charge in [-0.25, -0.2) is 9.79 Å². The van der Waals surface area contributed by atoms with E-state index in [-0.39, 0.29) is 18.2 Å². The second-order valence-electron chi connectivity index (χ2n) is 8.62. The van der Waals surface area contributed by atoms with Crippen molar-refractivity contribution in [3.63, 3.8) is 0 Å². The number of ether oxygens (including phenoxy) is 2. The number of nitrogens with zero attached hydrogens (tertiary/aromatic N) is 5. The summed E-state index contributed by atoms with van der Waals surface area (Å²) in [5.41, 5.74) is -1.34. The number of aromatic nitrogens is 3. The monoisotopic (exact) mass is 409 g/mol. The fourth-order valence-corrected chi connectivity index (χ4v) is 3.27. The highest BCUT2D eigenvalue weighted by molar-refractivity contribution is 5.80. The van der Waals surface area contributed by atoms with Crippen molar-refractivity contribution in [3.8, 4) is 0 Å². The van der Waals surface area contributed by atoms with Crippen LogP contribution in [0.2, 0.25) is 0 Å². The number of rotatable bonds is 5. The van der Waals surface area contributed by atoms with Crippen LogP contribution in [0.4, 0.5) is 4.79 Å². The van der Waals surface area contributed by atoms with Gasteiger partial charge in [0.05, 0.1) is 12.1 Å². The Bertz CT molecular complexity index is 724. The predicted octanol–water partition coefficient (Wildman–Crippen LogP) is 1.63. The normalized spacial score (nSPS) is 21.9. The van der Waals surface area contributed by atoms with Crippen LogP contribution in [0.25, 0.3) is 0 Å². The van der Waals surface area contributed by atoms with Crippen LogP contribution in [-0.4, -0.2) is 68.3 Å². The molecule has 164 valence electrons. The number of amides is 1. The molecule has 0 bridgehead atoms. The number of aryl methyl sites for hydroxylation is 1. The number of aliphatic imine (C=N–C) groups is 1. The summed E-state index contributed by atoms with van der Waals surface area (Å²) in [6.45, 7) is 14.8. The van der Waals surface area contributed by atoms with Crippen molar-refractivity contribution in [2.45, 2.75) is 78.5 Å². The molecule has 1 aromatic heterocycles. The smallest absolute Gasteiger partial charge is 0.412 e. The van der Waals surface area contributed by atoms with Gasteiger partial charge in [0.25, 0.3) is 0 Å². The Morgan fingerprint density at radius 2 is 2.07 bits per heavy atom.